The van der Waals surface area contributed by atoms with Gasteiger partial charge in [0.05, 0.1) is 10.6 Å². The van der Waals surface area contributed by atoms with E-state index in [9.17, 15) is 29.5 Å². The molecule has 0 aliphatic carbocycles. The van der Waals surface area contributed by atoms with Crippen LogP contribution in [0.4, 0.5) is 15.2 Å². The number of aromatic nitrogens is 1. The Morgan fingerprint density at radius 2 is 1.73 bits per heavy atom. The van der Waals surface area contributed by atoms with Crippen molar-refractivity contribution in [2.75, 3.05) is 5.32 Å². The number of phenolic OH excluding ortho intramolecular Hbond substituents is 2. The molecule has 4 rings (SSSR count). The van der Waals surface area contributed by atoms with Gasteiger partial charge in [0.2, 0.25) is 0 Å². The quantitative estimate of drug-likeness (QED) is 0.206. The summed E-state index contributed by atoms with van der Waals surface area (Å²) in [5.41, 5.74) is 2.09. The van der Waals surface area contributed by atoms with Crippen molar-refractivity contribution < 1.29 is 24.3 Å². The minimum Gasteiger partial charge on any atom is -0.504 e. The van der Waals surface area contributed by atoms with Gasteiger partial charge in [-0.3, -0.25) is 20.2 Å². The van der Waals surface area contributed by atoms with Gasteiger partial charge in [-0.15, -0.1) is 11.3 Å². The molecule has 4 aromatic rings. The van der Waals surface area contributed by atoms with E-state index in [4.69, 9.17) is 0 Å². The molecule has 0 spiro atoms. The molecule has 33 heavy (non-hydrogen) atoms. The highest BCUT2D eigenvalue weighted by molar-refractivity contribution is 7.16. The number of nitro groups is 1. The summed E-state index contributed by atoms with van der Waals surface area (Å²) in [5.74, 6) is -1.70. The number of hydrogen-bond acceptors (Lipinski definition) is 7. The molecule has 0 atom stereocenters. The van der Waals surface area contributed by atoms with Gasteiger partial charge in [0.1, 0.15) is 5.82 Å². The highest BCUT2D eigenvalue weighted by Gasteiger charge is 2.17. The van der Waals surface area contributed by atoms with Crippen molar-refractivity contribution in [1.29, 1.82) is 0 Å². The van der Waals surface area contributed by atoms with Crippen LogP contribution < -0.4 is 5.32 Å². The number of nitrogens with zero attached hydrogens (tertiary/aromatic N) is 2. The molecule has 3 aromatic carbocycles. The standard InChI is InChI=1S/C23H16FN3O5S/c24-16-6-3-14(4-7-16)21-20(11-13-1-8-17(9-2-13)27(31)32)33-23(25-21)26-22(30)15-5-10-18(28)19(29)12-15/h1-10,12,28-29H,11H2,(H,25,26,30). The second-order valence-corrected chi connectivity index (χ2v) is 8.14. The molecule has 8 nitrogen and oxygen atoms in total. The third-order valence-corrected chi connectivity index (χ3v) is 5.76. The number of halogens is 1. The van der Waals surface area contributed by atoms with Gasteiger partial charge in [0.25, 0.3) is 11.6 Å². The highest BCUT2D eigenvalue weighted by atomic mass is 32.1. The lowest BCUT2D eigenvalue weighted by molar-refractivity contribution is -0.384. The van der Waals surface area contributed by atoms with Gasteiger partial charge in [-0.2, -0.15) is 0 Å². The zero-order valence-electron chi connectivity index (χ0n) is 16.9. The smallest absolute Gasteiger partial charge is 0.269 e. The molecule has 0 saturated heterocycles. The second kappa shape index (κ2) is 9.05. The number of carbonyl (C=O) groups excluding carboxylic acids is 1. The van der Waals surface area contributed by atoms with E-state index >= 15 is 0 Å². The summed E-state index contributed by atoms with van der Waals surface area (Å²) in [7, 11) is 0. The fourth-order valence-corrected chi connectivity index (χ4v) is 4.13. The van der Waals surface area contributed by atoms with Gasteiger partial charge in [-0.1, -0.05) is 12.1 Å². The predicted octanol–water partition coefficient (Wildman–Crippen LogP) is 5.11. The fraction of sp³-hybridized carbons (Fsp3) is 0.0435. The first-order valence-electron chi connectivity index (χ1n) is 9.62. The predicted molar refractivity (Wildman–Crippen MR) is 121 cm³/mol. The van der Waals surface area contributed by atoms with Crippen LogP contribution in [0.25, 0.3) is 11.3 Å². The molecule has 0 saturated carbocycles. The summed E-state index contributed by atoms with van der Waals surface area (Å²) < 4.78 is 13.4. The van der Waals surface area contributed by atoms with Crippen LogP contribution in [0.15, 0.2) is 66.7 Å². The SMILES string of the molecule is O=C(Nc1nc(-c2ccc(F)cc2)c(Cc2ccc([N+](=O)[O-])cc2)s1)c1ccc(O)c(O)c1. The van der Waals surface area contributed by atoms with E-state index in [2.05, 4.69) is 10.3 Å². The summed E-state index contributed by atoms with van der Waals surface area (Å²) in [6.45, 7) is 0. The van der Waals surface area contributed by atoms with Crippen molar-refractivity contribution in [1.82, 2.24) is 4.98 Å². The number of phenols is 2. The maximum absolute atomic E-state index is 13.4. The lowest BCUT2D eigenvalue weighted by Gasteiger charge is -2.03. The first-order chi connectivity index (χ1) is 15.8. The zero-order valence-corrected chi connectivity index (χ0v) is 17.7. The van der Waals surface area contributed by atoms with Gasteiger partial charge >= 0.3 is 0 Å². The Hall–Kier alpha value is -4.31. The van der Waals surface area contributed by atoms with E-state index in [0.717, 1.165) is 16.5 Å². The molecular formula is C23H16FN3O5S. The van der Waals surface area contributed by atoms with Crippen molar-refractivity contribution in [2.24, 2.45) is 0 Å². The zero-order chi connectivity index (χ0) is 23.5. The summed E-state index contributed by atoms with van der Waals surface area (Å²) in [6, 6.07) is 15.6. The Morgan fingerprint density at radius 3 is 2.36 bits per heavy atom. The van der Waals surface area contributed by atoms with Crippen molar-refractivity contribution in [3.05, 3.63) is 98.7 Å². The van der Waals surface area contributed by atoms with Crippen LogP contribution in [0.2, 0.25) is 0 Å². The number of thiazole rings is 1. The van der Waals surface area contributed by atoms with E-state index < -0.39 is 22.4 Å². The third kappa shape index (κ3) is 4.96. The van der Waals surface area contributed by atoms with Crippen LogP contribution in [0.1, 0.15) is 20.8 Å². The molecular weight excluding hydrogens is 449 g/mol. The second-order valence-electron chi connectivity index (χ2n) is 7.06. The molecule has 1 heterocycles. The molecule has 0 bridgehead atoms. The monoisotopic (exact) mass is 465 g/mol. The van der Waals surface area contributed by atoms with Gasteiger partial charge in [0.15, 0.2) is 16.6 Å². The molecule has 0 aliphatic heterocycles. The Morgan fingerprint density at radius 1 is 1.03 bits per heavy atom. The molecule has 1 aromatic heterocycles. The van der Waals surface area contributed by atoms with E-state index in [0.29, 0.717) is 17.7 Å². The topological polar surface area (TPSA) is 126 Å². The number of amides is 1. The number of rotatable bonds is 6. The molecule has 0 fully saturated rings. The largest absolute Gasteiger partial charge is 0.504 e. The normalized spacial score (nSPS) is 10.7. The van der Waals surface area contributed by atoms with E-state index in [1.165, 1.54) is 47.7 Å². The van der Waals surface area contributed by atoms with Gasteiger partial charge in [-0.05, 0) is 48.0 Å². The molecule has 3 N–H and O–H groups in total. The lowest BCUT2D eigenvalue weighted by atomic mass is 10.1. The van der Waals surface area contributed by atoms with Crippen LogP contribution in [-0.4, -0.2) is 26.0 Å². The summed E-state index contributed by atoms with van der Waals surface area (Å²) in [6.07, 6.45) is 0.387. The number of hydrogen-bond donors (Lipinski definition) is 3. The number of carbonyl (C=O) groups is 1. The highest BCUT2D eigenvalue weighted by Crippen LogP contribution is 2.34. The summed E-state index contributed by atoms with van der Waals surface area (Å²) >= 11 is 1.21. The van der Waals surface area contributed by atoms with Crippen molar-refractivity contribution in [3.63, 3.8) is 0 Å². The van der Waals surface area contributed by atoms with Gasteiger partial charge < -0.3 is 10.2 Å². The number of nitro benzene ring substituents is 1. The van der Waals surface area contributed by atoms with Crippen LogP contribution in [0.5, 0.6) is 11.5 Å². The minimum absolute atomic E-state index is 0.0214. The lowest BCUT2D eigenvalue weighted by Crippen LogP contribution is -2.11. The van der Waals surface area contributed by atoms with Crippen molar-refractivity contribution in [3.8, 4) is 22.8 Å². The molecule has 0 aliphatic rings. The van der Waals surface area contributed by atoms with Crippen molar-refractivity contribution in [2.45, 2.75) is 6.42 Å². The number of anilines is 1. The first kappa shape index (κ1) is 21.9. The third-order valence-electron chi connectivity index (χ3n) is 4.78. The van der Waals surface area contributed by atoms with Crippen LogP contribution in [-0.2, 0) is 6.42 Å². The Balaban J connectivity index is 1.65. The Bertz CT molecular complexity index is 1340. The van der Waals surface area contributed by atoms with Crippen molar-refractivity contribution >= 4 is 28.1 Å². The van der Waals surface area contributed by atoms with E-state index in [-0.39, 0.29) is 22.1 Å². The van der Waals surface area contributed by atoms with Gasteiger partial charge in [-0.25, -0.2) is 9.37 Å². The van der Waals surface area contributed by atoms with E-state index in [1.54, 1.807) is 24.3 Å². The summed E-state index contributed by atoms with van der Waals surface area (Å²) in [4.78, 5) is 28.3. The molecule has 0 radical (unpaired) electrons. The fourth-order valence-electron chi connectivity index (χ4n) is 3.11. The summed E-state index contributed by atoms with van der Waals surface area (Å²) in [5, 5.41) is 32.9. The number of nitrogens with one attached hydrogen (secondary N) is 1. The average Bonchev–Trinajstić information content (AvgIpc) is 3.18. The minimum atomic E-state index is -0.536. The first-order valence-corrected chi connectivity index (χ1v) is 10.4. The van der Waals surface area contributed by atoms with Gasteiger partial charge in [0, 0.05) is 34.6 Å². The van der Waals surface area contributed by atoms with Crippen LogP contribution >= 0.6 is 11.3 Å². The molecule has 10 heteroatoms. The van der Waals surface area contributed by atoms with Crippen LogP contribution in [0.3, 0.4) is 0 Å². The Kier molecular flexibility index (Phi) is 6.01. The number of aromatic hydroxyl groups is 2. The average molecular weight is 465 g/mol. The van der Waals surface area contributed by atoms with E-state index in [1.807, 2.05) is 0 Å². The molecule has 1 amide bonds. The molecule has 166 valence electrons. The number of benzene rings is 3. The Labute approximate surface area is 190 Å². The maximum atomic E-state index is 13.4. The van der Waals surface area contributed by atoms with Crippen LogP contribution in [0, 0.1) is 15.9 Å². The maximum Gasteiger partial charge on any atom is 0.269 e. The number of non-ortho nitro benzene ring substituents is 1. The molecule has 0 unspecified atom stereocenters.